The predicted molar refractivity (Wildman–Crippen MR) is 118 cm³/mol. The molecule has 2 saturated heterocycles. The number of carbonyl (C=O) groups excluding carboxylic acids is 1. The van der Waals surface area contributed by atoms with Gasteiger partial charge in [0.1, 0.15) is 17.2 Å². The summed E-state index contributed by atoms with van der Waals surface area (Å²) >= 11 is 0. The number of hydrogen-bond acceptors (Lipinski definition) is 7. The van der Waals surface area contributed by atoms with E-state index in [2.05, 4.69) is 20.0 Å². The van der Waals surface area contributed by atoms with E-state index in [-0.39, 0.29) is 29.1 Å². The van der Waals surface area contributed by atoms with Crippen molar-refractivity contribution in [2.45, 2.75) is 32.2 Å². The van der Waals surface area contributed by atoms with E-state index in [0.717, 1.165) is 38.0 Å². The highest BCUT2D eigenvalue weighted by molar-refractivity contribution is 6.00. The van der Waals surface area contributed by atoms with Crippen LogP contribution in [0.1, 0.15) is 36.9 Å². The number of anilines is 1. The number of nitrogens with zero attached hydrogens (tertiary/aromatic N) is 5. The van der Waals surface area contributed by atoms with Gasteiger partial charge in [-0.05, 0) is 68.6 Å². The van der Waals surface area contributed by atoms with Crippen LogP contribution in [0.15, 0.2) is 41.8 Å². The molecular weight excluding hydrogens is 411 g/mol. The summed E-state index contributed by atoms with van der Waals surface area (Å²) in [7, 11) is 0. The standard InChI is InChI=1S/C23H29FN6O2/c24-19-2-1-8-27-22(19)21(28-32)17-6-12-30(13-7-17)23(31)18-4-10-29(11-5-18)15-16-3-9-26-20(25)14-16/h1-3,8-9,14,17-18,32H,4-7,10-13,15H2,(H2,25,26). The fourth-order valence-electron chi connectivity index (χ4n) is 4.72. The molecule has 0 radical (unpaired) electrons. The van der Waals surface area contributed by atoms with Crippen LogP contribution in [-0.2, 0) is 11.3 Å². The summed E-state index contributed by atoms with van der Waals surface area (Å²) in [5.41, 5.74) is 7.25. The minimum atomic E-state index is -0.500. The van der Waals surface area contributed by atoms with Gasteiger partial charge in [0.15, 0.2) is 5.82 Å². The molecule has 2 aliphatic rings. The van der Waals surface area contributed by atoms with Crippen LogP contribution in [0.3, 0.4) is 0 Å². The van der Waals surface area contributed by atoms with Gasteiger partial charge in [-0.25, -0.2) is 9.37 Å². The third kappa shape index (κ3) is 5.04. The maximum atomic E-state index is 14.1. The second kappa shape index (κ2) is 10.0. The predicted octanol–water partition coefficient (Wildman–Crippen LogP) is 2.53. The molecule has 1 amide bonds. The molecule has 8 nitrogen and oxygen atoms in total. The smallest absolute Gasteiger partial charge is 0.225 e. The number of piperidine rings is 2. The fraction of sp³-hybridized carbons (Fsp3) is 0.478. The average Bonchev–Trinajstić information content (AvgIpc) is 2.81. The molecule has 9 heteroatoms. The monoisotopic (exact) mass is 440 g/mol. The Hall–Kier alpha value is -3.07. The Morgan fingerprint density at radius 3 is 2.47 bits per heavy atom. The second-order valence-electron chi connectivity index (χ2n) is 8.56. The SMILES string of the molecule is Nc1cc(CN2CCC(C(=O)N3CCC(C(=NO)c4ncccc4F)CC3)CC2)ccn1. The molecule has 2 aliphatic heterocycles. The quantitative estimate of drug-likeness (QED) is 0.420. The summed E-state index contributed by atoms with van der Waals surface area (Å²) in [6.45, 7) is 3.71. The fourth-order valence-corrected chi connectivity index (χ4v) is 4.72. The van der Waals surface area contributed by atoms with Crippen LogP contribution < -0.4 is 5.73 Å². The van der Waals surface area contributed by atoms with Crippen molar-refractivity contribution in [3.8, 4) is 0 Å². The third-order valence-electron chi connectivity index (χ3n) is 6.49. The minimum absolute atomic E-state index is 0.0320. The van der Waals surface area contributed by atoms with Gasteiger partial charge >= 0.3 is 0 Å². The lowest BCUT2D eigenvalue weighted by molar-refractivity contribution is -0.138. The lowest BCUT2D eigenvalue weighted by Gasteiger charge is -2.37. The van der Waals surface area contributed by atoms with Gasteiger partial charge in [0, 0.05) is 43.9 Å². The summed E-state index contributed by atoms with van der Waals surface area (Å²) in [4.78, 5) is 25.4. The van der Waals surface area contributed by atoms with Crippen molar-refractivity contribution in [1.29, 1.82) is 0 Å². The molecule has 0 aliphatic carbocycles. The molecule has 2 fully saturated rings. The van der Waals surface area contributed by atoms with E-state index in [4.69, 9.17) is 5.73 Å². The number of rotatable bonds is 5. The normalized spacial score (nSPS) is 19.3. The highest BCUT2D eigenvalue weighted by Gasteiger charge is 2.33. The number of aromatic nitrogens is 2. The zero-order valence-electron chi connectivity index (χ0n) is 18.0. The molecular formula is C23H29FN6O2. The maximum Gasteiger partial charge on any atom is 0.225 e. The first-order valence-electron chi connectivity index (χ1n) is 11.1. The van der Waals surface area contributed by atoms with Crippen LogP contribution in [0.2, 0.25) is 0 Å². The topological polar surface area (TPSA) is 108 Å². The van der Waals surface area contributed by atoms with Crippen LogP contribution in [0.25, 0.3) is 0 Å². The molecule has 2 aromatic heterocycles. The van der Waals surface area contributed by atoms with Crippen LogP contribution in [-0.4, -0.2) is 62.8 Å². The number of carbonyl (C=O) groups is 1. The van der Waals surface area contributed by atoms with Crippen LogP contribution in [0.5, 0.6) is 0 Å². The van der Waals surface area contributed by atoms with Crippen molar-refractivity contribution in [3.63, 3.8) is 0 Å². The van der Waals surface area contributed by atoms with Gasteiger partial charge in [-0.15, -0.1) is 0 Å². The molecule has 32 heavy (non-hydrogen) atoms. The van der Waals surface area contributed by atoms with E-state index in [1.807, 2.05) is 17.0 Å². The Kier molecular flexibility index (Phi) is 6.94. The van der Waals surface area contributed by atoms with E-state index < -0.39 is 5.82 Å². The van der Waals surface area contributed by atoms with Gasteiger partial charge in [0.25, 0.3) is 0 Å². The van der Waals surface area contributed by atoms with E-state index in [1.165, 1.54) is 18.3 Å². The molecule has 4 rings (SSSR count). The van der Waals surface area contributed by atoms with Crippen LogP contribution in [0.4, 0.5) is 10.2 Å². The summed E-state index contributed by atoms with van der Waals surface area (Å²) in [6.07, 6.45) is 6.13. The second-order valence-corrected chi connectivity index (χ2v) is 8.56. The number of nitrogen functional groups attached to an aromatic ring is 1. The molecule has 4 heterocycles. The van der Waals surface area contributed by atoms with Crippen molar-refractivity contribution in [2.75, 3.05) is 31.9 Å². The lowest BCUT2D eigenvalue weighted by Crippen LogP contribution is -2.46. The van der Waals surface area contributed by atoms with Crippen LogP contribution >= 0.6 is 0 Å². The summed E-state index contributed by atoms with van der Waals surface area (Å²) in [5.74, 6) is 0.131. The number of likely N-dealkylation sites (tertiary alicyclic amines) is 2. The van der Waals surface area contributed by atoms with E-state index in [9.17, 15) is 14.4 Å². The van der Waals surface area contributed by atoms with E-state index in [1.54, 1.807) is 6.20 Å². The minimum Gasteiger partial charge on any atom is -0.411 e. The molecule has 0 atom stereocenters. The average molecular weight is 441 g/mol. The molecule has 0 saturated carbocycles. The Balaban J connectivity index is 1.27. The molecule has 0 bridgehead atoms. The molecule has 0 aromatic carbocycles. The number of amides is 1. The molecule has 170 valence electrons. The highest BCUT2D eigenvalue weighted by atomic mass is 19.1. The van der Waals surface area contributed by atoms with Gasteiger partial charge in [-0.2, -0.15) is 0 Å². The zero-order valence-corrected chi connectivity index (χ0v) is 18.0. The summed E-state index contributed by atoms with van der Waals surface area (Å²) in [5, 5.41) is 12.8. The van der Waals surface area contributed by atoms with Crippen molar-refractivity contribution < 1.29 is 14.4 Å². The van der Waals surface area contributed by atoms with Gasteiger partial charge in [0.2, 0.25) is 5.91 Å². The number of oxime groups is 1. The van der Waals surface area contributed by atoms with Gasteiger partial charge < -0.3 is 15.8 Å². The van der Waals surface area contributed by atoms with Crippen LogP contribution in [0, 0.1) is 17.7 Å². The van der Waals surface area contributed by atoms with E-state index in [0.29, 0.717) is 31.7 Å². The van der Waals surface area contributed by atoms with Crippen molar-refractivity contribution in [3.05, 3.63) is 53.7 Å². The van der Waals surface area contributed by atoms with Crippen molar-refractivity contribution in [2.24, 2.45) is 17.0 Å². The maximum absolute atomic E-state index is 14.1. The highest BCUT2D eigenvalue weighted by Crippen LogP contribution is 2.27. The van der Waals surface area contributed by atoms with Gasteiger partial charge in [-0.1, -0.05) is 5.16 Å². The molecule has 0 unspecified atom stereocenters. The van der Waals surface area contributed by atoms with Gasteiger partial charge in [-0.3, -0.25) is 14.7 Å². The number of nitrogens with two attached hydrogens (primary N) is 1. The van der Waals surface area contributed by atoms with Gasteiger partial charge in [0.05, 0.1) is 0 Å². The van der Waals surface area contributed by atoms with Crippen molar-refractivity contribution >= 4 is 17.4 Å². The Morgan fingerprint density at radius 1 is 1.09 bits per heavy atom. The largest absolute Gasteiger partial charge is 0.411 e. The number of halogens is 1. The summed E-state index contributed by atoms with van der Waals surface area (Å²) < 4.78 is 14.1. The zero-order chi connectivity index (χ0) is 22.5. The van der Waals surface area contributed by atoms with Crippen molar-refractivity contribution in [1.82, 2.24) is 19.8 Å². The Labute approximate surface area is 186 Å². The first-order chi connectivity index (χ1) is 15.5. The first-order valence-corrected chi connectivity index (χ1v) is 11.1. The third-order valence-corrected chi connectivity index (χ3v) is 6.49. The first kappa shape index (κ1) is 22.1. The lowest BCUT2D eigenvalue weighted by atomic mass is 9.88. The number of pyridine rings is 2. The summed E-state index contributed by atoms with van der Waals surface area (Å²) in [6, 6.07) is 6.68. The Morgan fingerprint density at radius 2 is 1.81 bits per heavy atom. The van der Waals surface area contributed by atoms with E-state index >= 15 is 0 Å². The Bertz CT molecular complexity index is 968. The number of hydrogen-bond donors (Lipinski definition) is 2. The molecule has 0 spiro atoms. The molecule has 3 N–H and O–H groups in total. The molecule has 2 aromatic rings.